The van der Waals surface area contributed by atoms with Crippen molar-refractivity contribution in [3.05, 3.63) is 11.8 Å². The van der Waals surface area contributed by atoms with Crippen LogP contribution in [-0.2, 0) is 6.54 Å². The molecular weight excluding hydrogens is 202 g/mol. The highest BCUT2D eigenvalue weighted by Crippen LogP contribution is 2.29. The molecule has 0 unspecified atom stereocenters. The van der Waals surface area contributed by atoms with Gasteiger partial charge in [-0.1, -0.05) is 6.92 Å². The van der Waals surface area contributed by atoms with Crippen molar-refractivity contribution in [3.63, 3.8) is 0 Å². The van der Waals surface area contributed by atoms with Crippen molar-refractivity contribution < 1.29 is 4.74 Å². The summed E-state index contributed by atoms with van der Waals surface area (Å²) in [5, 5.41) is 9.00. The van der Waals surface area contributed by atoms with Crippen molar-refractivity contribution in [2.24, 2.45) is 0 Å². The normalized spacial score (nSPS) is 11.2. The summed E-state index contributed by atoms with van der Waals surface area (Å²) in [4.78, 5) is 0. The molecule has 1 rings (SSSR count). The van der Waals surface area contributed by atoms with E-state index in [1.54, 1.807) is 6.07 Å². The topological polar surface area (TPSA) is 64.0 Å². The van der Waals surface area contributed by atoms with E-state index in [1.807, 2.05) is 25.3 Å². The van der Waals surface area contributed by atoms with Gasteiger partial charge in [-0.3, -0.25) is 0 Å². The molecule has 1 aromatic heterocycles. The first-order valence-corrected chi connectivity index (χ1v) is 5.47. The number of nitrogens with two attached hydrogens (primary N) is 1. The zero-order valence-corrected chi connectivity index (χ0v) is 10.4. The quantitative estimate of drug-likeness (QED) is 0.853. The Morgan fingerprint density at radius 2 is 2.12 bits per heavy atom. The molecule has 88 valence electrons. The van der Waals surface area contributed by atoms with Crippen molar-refractivity contribution in [3.8, 4) is 11.9 Å². The Morgan fingerprint density at radius 3 is 2.56 bits per heavy atom. The van der Waals surface area contributed by atoms with E-state index in [0.29, 0.717) is 17.3 Å². The average Bonchev–Trinajstić information content (AvgIpc) is 2.44. The molecule has 0 aliphatic heterocycles. The van der Waals surface area contributed by atoms with Gasteiger partial charge in [-0.2, -0.15) is 5.26 Å². The van der Waals surface area contributed by atoms with Gasteiger partial charge in [0.05, 0.1) is 5.69 Å². The van der Waals surface area contributed by atoms with Crippen LogP contribution in [0.5, 0.6) is 5.88 Å². The average molecular weight is 221 g/mol. The predicted octanol–water partition coefficient (Wildman–Crippen LogP) is 2.53. The van der Waals surface area contributed by atoms with Crippen LogP contribution in [-0.4, -0.2) is 10.2 Å². The predicted molar refractivity (Wildman–Crippen MR) is 64.2 cm³/mol. The third kappa shape index (κ3) is 2.69. The van der Waals surface area contributed by atoms with Gasteiger partial charge < -0.3 is 15.0 Å². The summed E-state index contributed by atoms with van der Waals surface area (Å²) in [5.74, 6) is 0.603. The maximum Gasteiger partial charge on any atom is 0.218 e. The van der Waals surface area contributed by atoms with Crippen LogP contribution in [0.3, 0.4) is 0 Å². The Balaban J connectivity index is 3.16. The molecule has 0 aliphatic carbocycles. The van der Waals surface area contributed by atoms with Crippen LogP contribution in [0.25, 0.3) is 0 Å². The summed E-state index contributed by atoms with van der Waals surface area (Å²) in [7, 11) is 0. The molecule has 0 saturated carbocycles. The number of nitrogen functional groups attached to an aromatic ring is 1. The Morgan fingerprint density at radius 1 is 1.50 bits per heavy atom. The lowest BCUT2D eigenvalue weighted by Crippen LogP contribution is -2.25. The monoisotopic (exact) mass is 221 g/mol. The van der Waals surface area contributed by atoms with Crippen LogP contribution < -0.4 is 10.5 Å². The number of anilines is 1. The summed E-state index contributed by atoms with van der Waals surface area (Å²) in [6, 6.07) is 3.79. The van der Waals surface area contributed by atoms with Gasteiger partial charge in [-0.15, -0.1) is 0 Å². The summed E-state index contributed by atoms with van der Waals surface area (Å²) < 4.78 is 7.62. The van der Waals surface area contributed by atoms with Crippen LogP contribution in [0.4, 0.5) is 5.69 Å². The molecule has 0 aromatic carbocycles. The highest BCUT2D eigenvalue weighted by atomic mass is 16.5. The van der Waals surface area contributed by atoms with Crippen molar-refractivity contribution in [2.75, 3.05) is 5.73 Å². The van der Waals surface area contributed by atoms with Gasteiger partial charge in [0.15, 0.2) is 0 Å². The second kappa shape index (κ2) is 4.48. The summed E-state index contributed by atoms with van der Waals surface area (Å²) in [5.41, 5.74) is 6.63. The molecule has 4 nitrogen and oxygen atoms in total. The minimum Gasteiger partial charge on any atom is -0.472 e. The molecule has 2 N–H and O–H groups in total. The fraction of sp³-hybridized carbons (Fsp3) is 0.583. The number of ether oxygens (including phenoxy) is 1. The van der Waals surface area contributed by atoms with Crippen LogP contribution in [0.1, 0.15) is 39.8 Å². The Labute approximate surface area is 96.6 Å². The third-order valence-electron chi connectivity index (χ3n) is 2.04. The number of rotatable bonds is 3. The van der Waals surface area contributed by atoms with Gasteiger partial charge in [0.25, 0.3) is 0 Å². The summed E-state index contributed by atoms with van der Waals surface area (Å²) in [6.45, 7) is 8.68. The molecular formula is C12H19N3O. The number of hydrogen-bond acceptors (Lipinski definition) is 3. The zero-order chi connectivity index (χ0) is 12.3. The SMILES string of the molecule is CCCn1c(C#N)cc(N)c1OC(C)(C)C. The second-order valence-electron chi connectivity index (χ2n) is 4.77. The van der Waals surface area contributed by atoms with Gasteiger partial charge in [-0.05, 0) is 27.2 Å². The van der Waals surface area contributed by atoms with E-state index < -0.39 is 0 Å². The molecule has 0 fully saturated rings. The maximum atomic E-state index is 9.00. The van der Waals surface area contributed by atoms with Crippen molar-refractivity contribution >= 4 is 5.69 Å². The molecule has 4 heteroatoms. The third-order valence-corrected chi connectivity index (χ3v) is 2.04. The van der Waals surface area contributed by atoms with Gasteiger partial charge in [-0.25, -0.2) is 0 Å². The first-order valence-electron chi connectivity index (χ1n) is 5.47. The van der Waals surface area contributed by atoms with Gasteiger partial charge in [0, 0.05) is 12.6 Å². The lowest BCUT2D eigenvalue weighted by molar-refractivity contribution is 0.118. The fourth-order valence-electron chi connectivity index (χ4n) is 1.49. The van der Waals surface area contributed by atoms with E-state index in [2.05, 4.69) is 13.0 Å². The highest BCUT2D eigenvalue weighted by Gasteiger charge is 2.20. The molecule has 0 atom stereocenters. The molecule has 16 heavy (non-hydrogen) atoms. The molecule has 0 bridgehead atoms. The van der Waals surface area contributed by atoms with Crippen LogP contribution in [0, 0.1) is 11.3 Å². The summed E-state index contributed by atoms with van der Waals surface area (Å²) in [6.07, 6.45) is 0.934. The minimum atomic E-state index is -0.315. The van der Waals surface area contributed by atoms with Crippen molar-refractivity contribution in [2.45, 2.75) is 46.3 Å². The number of nitrogens with zero attached hydrogens (tertiary/aromatic N) is 2. The maximum absolute atomic E-state index is 9.00. The van der Waals surface area contributed by atoms with Gasteiger partial charge in [0.1, 0.15) is 17.4 Å². The van der Waals surface area contributed by atoms with Crippen LogP contribution in [0.2, 0.25) is 0 Å². The van der Waals surface area contributed by atoms with E-state index in [-0.39, 0.29) is 5.60 Å². The van der Waals surface area contributed by atoms with Crippen molar-refractivity contribution in [1.82, 2.24) is 4.57 Å². The van der Waals surface area contributed by atoms with Crippen molar-refractivity contribution in [1.29, 1.82) is 5.26 Å². The Bertz CT molecular complexity index is 407. The largest absolute Gasteiger partial charge is 0.472 e. The molecule has 0 radical (unpaired) electrons. The smallest absolute Gasteiger partial charge is 0.218 e. The van der Waals surface area contributed by atoms with E-state index in [9.17, 15) is 0 Å². The Kier molecular flexibility index (Phi) is 3.48. The zero-order valence-electron chi connectivity index (χ0n) is 10.4. The molecule has 1 aromatic rings. The molecule has 0 saturated heterocycles. The molecule has 0 spiro atoms. The van der Waals surface area contributed by atoms with E-state index in [0.717, 1.165) is 13.0 Å². The van der Waals surface area contributed by atoms with Gasteiger partial charge in [0.2, 0.25) is 5.88 Å². The minimum absolute atomic E-state index is 0.315. The summed E-state index contributed by atoms with van der Waals surface area (Å²) >= 11 is 0. The highest BCUT2D eigenvalue weighted by molar-refractivity contribution is 5.55. The lowest BCUT2D eigenvalue weighted by atomic mass is 10.2. The standard InChI is InChI=1S/C12H19N3O/c1-5-6-15-9(8-13)7-10(14)11(15)16-12(2,3)4/h7H,5-6,14H2,1-4H3. The van der Waals surface area contributed by atoms with Gasteiger partial charge >= 0.3 is 0 Å². The second-order valence-corrected chi connectivity index (χ2v) is 4.77. The number of aromatic nitrogens is 1. The molecule has 0 amide bonds. The van der Waals surface area contributed by atoms with Crippen LogP contribution >= 0.6 is 0 Å². The van der Waals surface area contributed by atoms with E-state index >= 15 is 0 Å². The lowest BCUT2D eigenvalue weighted by Gasteiger charge is -2.23. The van der Waals surface area contributed by atoms with E-state index in [4.69, 9.17) is 15.7 Å². The molecule has 0 aliphatic rings. The first kappa shape index (κ1) is 12.4. The Hall–Kier alpha value is -1.63. The fourth-order valence-corrected chi connectivity index (χ4v) is 1.49. The molecule has 1 heterocycles. The first-order chi connectivity index (χ1) is 7.39. The van der Waals surface area contributed by atoms with E-state index in [1.165, 1.54) is 0 Å². The number of nitriles is 1. The van der Waals surface area contributed by atoms with Crippen LogP contribution in [0.15, 0.2) is 6.07 Å². The number of hydrogen-bond donors (Lipinski definition) is 1.